The first-order valence-corrected chi connectivity index (χ1v) is 8.62. The van der Waals surface area contributed by atoms with Gasteiger partial charge in [0.1, 0.15) is 0 Å². The second kappa shape index (κ2) is 13.5. The zero-order valence-corrected chi connectivity index (χ0v) is 17.9. The van der Waals surface area contributed by atoms with Crippen LogP contribution in [-0.2, 0) is 11.3 Å². The number of hydrogen-bond acceptors (Lipinski definition) is 4. The summed E-state index contributed by atoms with van der Waals surface area (Å²) in [6.07, 6.45) is 3.39. The van der Waals surface area contributed by atoms with E-state index >= 15 is 0 Å². The van der Waals surface area contributed by atoms with E-state index in [0.29, 0.717) is 12.5 Å². The quantitative estimate of drug-likeness (QED) is 0.245. The summed E-state index contributed by atoms with van der Waals surface area (Å²) in [6.45, 7) is 10.6. The highest BCUT2D eigenvalue weighted by atomic mass is 127. The van der Waals surface area contributed by atoms with Crippen LogP contribution in [0.2, 0.25) is 0 Å². The van der Waals surface area contributed by atoms with Crippen LogP contribution < -0.4 is 10.6 Å². The van der Waals surface area contributed by atoms with Gasteiger partial charge in [-0.25, -0.2) is 0 Å². The smallest absolute Gasteiger partial charge is 0.191 e. The number of hydrogen-bond donors (Lipinski definition) is 2. The maximum absolute atomic E-state index is 5.51. The van der Waals surface area contributed by atoms with Gasteiger partial charge in [-0.1, -0.05) is 19.0 Å². The second-order valence-electron chi connectivity index (χ2n) is 5.86. The van der Waals surface area contributed by atoms with E-state index in [9.17, 15) is 0 Å². The average Bonchev–Trinajstić information content (AvgIpc) is 2.99. The predicted octanol–water partition coefficient (Wildman–Crippen LogP) is 3.68. The van der Waals surface area contributed by atoms with Crippen LogP contribution in [0, 0.1) is 0 Å². The van der Waals surface area contributed by atoms with Crippen molar-refractivity contribution in [2.75, 3.05) is 20.2 Å². The maximum Gasteiger partial charge on any atom is 0.191 e. The van der Waals surface area contributed by atoms with Gasteiger partial charge in [0.15, 0.2) is 11.7 Å². The van der Waals surface area contributed by atoms with Gasteiger partial charge in [0.05, 0.1) is 18.3 Å². The number of rotatable bonds is 10. The summed E-state index contributed by atoms with van der Waals surface area (Å²) >= 11 is 0. The lowest BCUT2D eigenvalue weighted by Gasteiger charge is -2.11. The molecule has 0 radical (unpaired) electrons. The number of nitrogens with zero attached hydrogens (tertiary/aromatic N) is 2. The van der Waals surface area contributed by atoms with Crippen molar-refractivity contribution < 1.29 is 9.26 Å². The average molecular weight is 452 g/mol. The molecule has 0 aliphatic rings. The molecular formula is C17H33IN4O2. The lowest BCUT2D eigenvalue weighted by Crippen LogP contribution is -2.37. The standard InChI is InChI=1S/C17H32N4O2.HI/c1-6-14(7-2)16-11-15(23-21-16)12-20-17(18-5)19-9-8-10-22-13(3)4;/h11,13-14H,6-10,12H2,1-5H3,(H2,18,19,20);1H. The molecule has 6 nitrogen and oxygen atoms in total. The molecule has 0 saturated carbocycles. The van der Waals surface area contributed by atoms with Gasteiger partial charge in [-0.05, 0) is 33.1 Å². The van der Waals surface area contributed by atoms with Crippen LogP contribution in [0.1, 0.15) is 64.3 Å². The Morgan fingerprint density at radius 3 is 2.58 bits per heavy atom. The highest BCUT2D eigenvalue weighted by molar-refractivity contribution is 14.0. The van der Waals surface area contributed by atoms with E-state index in [1.54, 1.807) is 7.05 Å². The minimum Gasteiger partial charge on any atom is -0.379 e. The minimum absolute atomic E-state index is 0. The molecule has 0 fully saturated rings. The Balaban J connectivity index is 0.00000529. The zero-order chi connectivity index (χ0) is 17.1. The fourth-order valence-electron chi connectivity index (χ4n) is 2.30. The Morgan fingerprint density at radius 1 is 1.29 bits per heavy atom. The number of aromatic nitrogens is 1. The molecule has 140 valence electrons. The SMILES string of the molecule is CCC(CC)c1cc(CNC(=NC)NCCCOC(C)C)on1.I. The minimum atomic E-state index is 0. The van der Waals surface area contributed by atoms with E-state index in [1.165, 1.54) is 0 Å². The van der Waals surface area contributed by atoms with Crippen molar-refractivity contribution in [1.82, 2.24) is 15.8 Å². The largest absolute Gasteiger partial charge is 0.379 e. The number of aliphatic imine (C=N–C) groups is 1. The van der Waals surface area contributed by atoms with E-state index in [4.69, 9.17) is 9.26 Å². The third-order valence-corrected chi connectivity index (χ3v) is 3.70. The van der Waals surface area contributed by atoms with Crippen molar-refractivity contribution in [3.63, 3.8) is 0 Å². The first-order valence-electron chi connectivity index (χ1n) is 8.62. The molecule has 1 aromatic rings. The first kappa shape index (κ1) is 23.2. The Kier molecular flexibility index (Phi) is 13.0. The van der Waals surface area contributed by atoms with E-state index in [1.807, 2.05) is 19.9 Å². The lowest BCUT2D eigenvalue weighted by molar-refractivity contribution is 0.0776. The van der Waals surface area contributed by atoms with Crippen molar-refractivity contribution >= 4 is 29.9 Å². The fourth-order valence-corrected chi connectivity index (χ4v) is 2.30. The predicted molar refractivity (Wildman–Crippen MR) is 109 cm³/mol. The van der Waals surface area contributed by atoms with Gasteiger partial charge in [0, 0.05) is 32.2 Å². The number of halogens is 1. The molecule has 0 saturated heterocycles. The van der Waals surface area contributed by atoms with E-state index in [2.05, 4.69) is 34.6 Å². The Morgan fingerprint density at radius 2 is 2.00 bits per heavy atom. The topological polar surface area (TPSA) is 71.7 Å². The molecule has 0 atom stereocenters. The molecule has 0 bridgehead atoms. The van der Waals surface area contributed by atoms with Crippen molar-refractivity contribution in [3.8, 4) is 0 Å². The summed E-state index contributed by atoms with van der Waals surface area (Å²) in [4.78, 5) is 4.20. The number of ether oxygens (including phenoxy) is 1. The van der Waals surface area contributed by atoms with Crippen LogP contribution in [0.3, 0.4) is 0 Å². The molecule has 1 rings (SSSR count). The van der Waals surface area contributed by atoms with Crippen molar-refractivity contribution in [3.05, 3.63) is 17.5 Å². The zero-order valence-electron chi connectivity index (χ0n) is 15.6. The molecule has 1 aromatic heterocycles. The van der Waals surface area contributed by atoms with Gasteiger partial charge < -0.3 is 19.9 Å². The van der Waals surface area contributed by atoms with Crippen molar-refractivity contribution in [2.45, 2.75) is 65.5 Å². The lowest BCUT2D eigenvalue weighted by atomic mass is 9.99. The van der Waals surface area contributed by atoms with Crippen LogP contribution >= 0.6 is 24.0 Å². The summed E-state index contributed by atoms with van der Waals surface area (Å²) in [7, 11) is 1.76. The van der Waals surface area contributed by atoms with Gasteiger partial charge in [-0.2, -0.15) is 0 Å². The molecule has 0 spiro atoms. The highest BCUT2D eigenvalue weighted by Gasteiger charge is 2.13. The van der Waals surface area contributed by atoms with E-state index in [-0.39, 0.29) is 30.1 Å². The summed E-state index contributed by atoms with van der Waals surface area (Å²) in [6, 6.07) is 2.04. The Bertz CT molecular complexity index is 459. The Hall–Kier alpha value is -0.830. The molecule has 7 heteroatoms. The number of nitrogens with one attached hydrogen (secondary N) is 2. The monoisotopic (exact) mass is 452 g/mol. The second-order valence-corrected chi connectivity index (χ2v) is 5.86. The highest BCUT2D eigenvalue weighted by Crippen LogP contribution is 2.22. The molecule has 1 heterocycles. The van der Waals surface area contributed by atoms with Crippen LogP contribution in [-0.4, -0.2) is 37.4 Å². The summed E-state index contributed by atoms with van der Waals surface area (Å²) < 4.78 is 10.9. The molecular weight excluding hydrogens is 419 g/mol. The third kappa shape index (κ3) is 8.86. The summed E-state index contributed by atoms with van der Waals surface area (Å²) in [5, 5.41) is 10.7. The van der Waals surface area contributed by atoms with Gasteiger partial charge in [0.25, 0.3) is 0 Å². The van der Waals surface area contributed by atoms with E-state index < -0.39 is 0 Å². The van der Waals surface area contributed by atoms with Gasteiger partial charge in [0.2, 0.25) is 0 Å². The third-order valence-electron chi connectivity index (χ3n) is 3.70. The van der Waals surface area contributed by atoms with Gasteiger partial charge >= 0.3 is 0 Å². The summed E-state index contributed by atoms with van der Waals surface area (Å²) in [5.74, 6) is 2.07. The Labute approximate surface area is 163 Å². The molecule has 0 amide bonds. The molecule has 0 unspecified atom stereocenters. The molecule has 2 N–H and O–H groups in total. The molecule has 0 aromatic carbocycles. The van der Waals surface area contributed by atoms with Crippen LogP contribution in [0.4, 0.5) is 0 Å². The van der Waals surface area contributed by atoms with E-state index in [0.717, 1.165) is 49.8 Å². The van der Waals surface area contributed by atoms with Crippen LogP contribution in [0.5, 0.6) is 0 Å². The van der Waals surface area contributed by atoms with Crippen LogP contribution in [0.25, 0.3) is 0 Å². The van der Waals surface area contributed by atoms with Crippen LogP contribution in [0.15, 0.2) is 15.6 Å². The van der Waals surface area contributed by atoms with Crippen molar-refractivity contribution in [1.29, 1.82) is 0 Å². The van der Waals surface area contributed by atoms with Gasteiger partial charge in [-0.15, -0.1) is 24.0 Å². The maximum atomic E-state index is 5.51. The molecule has 24 heavy (non-hydrogen) atoms. The normalized spacial score (nSPS) is 11.7. The molecule has 0 aliphatic heterocycles. The van der Waals surface area contributed by atoms with Crippen molar-refractivity contribution in [2.24, 2.45) is 4.99 Å². The summed E-state index contributed by atoms with van der Waals surface area (Å²) in [5.41, 5.74) is 1.04. The van der Waals surface area contributed by atoms with Gasteiger partial charge in [-0.3, -0.25) is 4.99 Å². The fraction of sp³-hybridized carbons (Fsp3) is 0.765. The molecule has 0 aliphatic carbocycles. The number of guanidine groups is 1. The first-order chi connectivity index (χ1) is 11.1.